The number of nitrogens with two attached hydrogens (primary N) is 2. The van der Waals surface area contributed by atoms with E-state index in [1.54, 1.807) is 29.1 Å². The Balaban J connectivity index is 1.79. The van der Waals surface area contributed by atoms with Crippen LogP contribution in [-0.4, -0.2) is 28.5 Å². The van der Waals surface area contributed by atoms with Crippen LogP contribution >= 0.6 is 0 Å². The van der Waals surface area contributed by atoms with Crippen LogP contribution in [0, 0.1) is 0 Å². The number of carbonyl (C=O) groups excluding carboxylic acids is 1. The molecule has 4 aromatic rings. The van der Waals surface area contributed by atoms with E-state index in [0.717, 1.165) is 0 Å². The Bertz CT molecular complexity index is 1620. The minimum Gasteiger partial charge on any atom is -0.321 e. The smallest absolute Gasteiger partial charge is 0.259 e. The van der Waals surface area contributed by atoms with E-state index < -0.39 is 32.5 Å². The van der Waals surface area contributed by atoms with Crippen molar-refractivity contribution in [2.24, 2.45) is 11.7 Å². The number of hydrogen-bond donors (Lipinski definition) is 6. The van der Waals surface area contributed by atoms with E-state index in [0.29, 0.717) is 15.8 Å². The van der Waals surface area contributed by atoms with Gasteiger partial charge in [0.25, 0.3) is 21.5 Å². The van der Waals surface area contributed by atoms with Crippen LogP contribution in [0.15, 0.2) is 81.3 Å². The number of fused-ring (bicyclic) bond motifs is 1. The summed E-state index contributed by atoms with van der Waals surface area (Å²) in [5.41, 5.74) is 0.494. The number of hydrazine groups is 2. The molecule has 0 bridgehead atoms. The first-order chi connectivity index (χ1) is 16.7. The number of sulfonamides is 1. The number of aromatic nitrogens is 2. The first-order valence-electron chi connectivity index (χ1n) is 9.89. The molecule has 4 rings (SSSR count). The lowest BCUT2D eigenvalue weighted by atomic mass is 10.1. The van der Waals surface area contributed by atoms with Gasteiger partial charge in [-0.3, -0.25) is 21.3 Å². The molecule has 0 aliphatic heterocycles. The second kappa shape index (κ2) is 9.83. The lowest BCUT2D eigenvalue weighted by Crippen LogP contribution is -2.30. The average Bonchev–Trinajstić information content (AvgIpc) is 2.88. The Kier molecular flexibility index (Phi) is 6.83. The van der Waals surface area contributed by atoms with Gasteiger partial charge in [0.05, 0.1) is 26.4 Å². The minimum atomic E-state index is -4.04. The molecule has 35 heavy (non-hydrogen) atoms. The van der Waals surface area contributed by atoms with Crippen molar-refractivity contribution in [3.05, 3.63) is 82.6 Å². The molecule has 0 spiro atoms. The maximum absolute atomic E-state index is 12.9. The average molecular weight is 514 g/mol. The number of nitrogens with zero attached hydrogens (tertiary/aromatic N) is 1. The number of benzene rings is 3. The summed E-state index contributed by atoms with van der Waals surface area (Å²) in [4.78, 5) is 36.6. The standard InChI is InChI=1S/C21H19N7O5S2/c22-27-34(31)13-7-5-12(6-8-13)20(29)25-18-10-9-14(35(32,33)28-23)11-16(18)19-24-17-4-2-1-3-15(17)21(30)26-19/h1-11,27-28H,22-23H2,(H,25,29)(H,24,26,30). The van der Waals surface area contributed by atoms with E-state index in [-0.39, 0.29) is 27.5 Å². The molecule has 12 nitrogen and oxygen atoms in total. The van der Waals surface area contributed by atoms with Gasteiger partial charge >= 0.3 is 0 Å². The largest absolute Gasteiger partial charge is 0.321 e. The zero-order chi connectivity index (χ0) is 25.2. The van der Waals surface area contributed by atoms with Gasteiger partial charge < -0.3 is 10.3 Å². The highest BCUT2D eigenvalue weighted by Crippen LogP contribution is 2.29. The van der Waals surface area contributed by atoms with Gasteiger partial charge in [-0.1, -0.05) is 12.1 Å². The molecule has 0 radical (unpaired) electrons. The Morgan fingerprint density at radius 3 is 2.40 bits per heavy atom. The Morgan fingerprint density at radius 1 is 1.00 bits per heavy atom. The number of hydrogen-bond acceptors (Lipinski definition) is 8. The topological polar surface area (TPSA) is 202 Å². The van der Waals surface area contributed by atoms with Gasteiger partial charge in [0, 0.05) is 11.1 Å². The van der Waals surface area contributed by atoms with Crippen LogP contribution in [0.4, 0.5) is 5.69 Å². The molecule has 180 valence electrons. The van der Waals surface area contributed by atoms with Gasteiger partial charge in [0.1, 0.15) is 16.8 Å². The van der Waals surface area contributed by atoms with Crippen molar-refractivity contribution in [1.29, 1.82) is 0 Å². The zero-order valence-corrected chi connectivity index (χ0v) is 19.4. The van der Waals surface area contributed by atoms with E-state index in [4.69, 9.17) is 11.7 Å². The highest BCUT2D eigenvalue weighted by atomic mass is 32.2. The number of para-hydroxylation sites is 1. The summed E-state index contributed by atoms with van der Waals surface area (Å²) in [6, 6.07) is 16.3. The Hall–Kier alpha value is -3.79. The van der Waals surface area contributed by atoms with Crippen LogP contribution in [0.3, 0.4) is 0 Å². The third kappa shape index (κ3) is 5.02. The molecule has 1 aromatic heterocycles. The fourth-order valence-electron chi connectivity index (χ4n) is 3.27. The molecular weight excluding hydrogens is 494 g/mol. The lowest BCUT2D eigenvalue weighted by molar-refractivity contribution is 0.102. The van der Waals surface area contributed by atoms with Crippen molar-refractivity contribution in [2.45, 2.75) is 9.79 Å². The highest BCUT2D eigenvalue weighted by molar-refractivity contribution is 7.89. The maximum Gasteiger partial charge on any atom is 0.259 e. The zero-order valence-electron chi connectivity index (χ0n) is 17.8. The van der Waals surface area contributed by atoms with Gasteiger partial charge in [0.15, 0.2) is 0 Å². The summed E-state index contributed by atoms with van der Waals surface area (Å²) < 4.78 is 36.3. The first kappa shape index (κ1) is 24.3. The van der Waals surface area contributed by atoms with Gasteiger partial charge in [-0.25, -0.2) is 17.6 Å². The fraction of sp³-hybridized carbons (Fsp3) is 0. The van der Waals surface area contributed by atoms with Gasteiger partial charge in [-0.2, -0.15) is 9.66 Å². The molecule has 1 atom stereocenters. The second-order valence-electron chi connectivity index (χ2n) is 7.13. The molecule has 1 amide bonds. The van der Waals surface area contributed by atoms with Crippen LogP contribution in [0.2, 0.25) is 0 Å². The number of carbonyl (C=O) groups is 1. The summed E-state index contributed by atoms with van der Waals surface area (Å²) in [5.74, 6) is 9.81. The van der Waals surface area contributed by atoms with Crippen LogP contribution in [0.5, 0.6) is 0 Å². The van der Waals surface area contributed by atoms with Crippen molar-refractivity contribution < 1.29 is 17.4 Å². The van der Waals surface area contributed by atoms with Crippen molar-refractivity contribution in [1.82, 2.24) is 19.6 Å². The molecular formula is C21H19N7O5S2. The molecule has 0 aliphatic carbocycles. The quantitative estimate of drug-likeness (QED) is 0.151. The summed E-state index contributed by atoms with van der Waals surface area (Å²) in [6.45, 7) is 0. The van der Waals surface area contributed by atoms with Crippen molar-refractivity contribution in [3.63, 3.8) is 0 Å². The summed E-state index contributed by atoms with van der Waals surface area (Å²) in [5, 5.41) is 3.03. The second-order valence-corrected chi connectivity index (χ2v) is 10.1. The van der Waals surface area contributed by atoms with E-state index >= 15 is 0 Å². The van der Waals surface area contributed by atoms with Gasteiger partial charge in [0.2, 0.25) is 0 Å². The number of anilines is 1. The lowest BCUT2D eigenvalue weighted by Gasteiger charge is -2.13. The minimum absolute atomic E-state index is 0.0397. The van der Waals surface area contributed by atoms with E-state index in [2.05, 4.69) is 20.1 Å². The highest BCUT2D eigenvalue weighted by Gasteiger charge is 2.19. The van der Waals surface area contributed by atoms with Crippen molar-refractivity contribution >= 4 is 43.5 Å². The molecule has 3 aromatic carbocycles. The maximum atomic E-state index is 12.9. The normalized spacial score (nSPS) is 12.4. The van der Waals surface area contributed by atoms with Crippen LogP contribution in [0.25, 0.3) is 22.3 Å². The molecule has 0 saturated heterocycles. The Labute approximate surface area is 201 Å². The van der Waals surface area contributed by atoms with Crippen LogP contribution in [-0.2, 0) is 21.0 Å². The molecule has 14 heteroatoms. The summed E-state index contributed by atoms with van der Waals surface area (Å²) in [6.07, 6.45) is 0. The SMILES string of the molecule is NNS(=O)c1ccc(C(=O)Nc2ccc(S(=O)(=O)NN)cc2-c2nc3ccccc3c(=O)[nH]2)cc1. The van der Waals surface area contributed by atoms with Crippen LogP contribution in [0.1, 0.15) is 10.4 Å². The number of aromatic amines is 1. The van der Waals surface area contributed by atoms with E-state index in [1.165, 1.54) is 42.5 Å². The predicted molar refractivity (Wildman–Crippen MR) is 130 cm³/mol. The first-order valence-corrected chi connectivity index (χ1v) is 12.5. The van der Waals surface area contributed by atoms with E-state index in [9.17, 15) is 22.2 Å². The van der Waals surface area contributed by atoms with Crippen molar-refractivity contribution in [3.8, 4) is 11.4 Å². The fourth-order valence-corrected chi connectivity index (χ4v) is 4.45. The number of H-pyrrole nitrogens is 1. The number of rotatable bonds is 7. The molecule has 1 heterocycles. The van der Waals surface area contributed by atoms with Gasteiger partial charge in [-0.05, 0) is 54.6 Å². The van der Waals surface area contributed by atoms with Crippen LogP contribution < -0.4 is 32.2 Å². The monoisotopic (exact) mass is 513 g/mol. The number of amides is 1. The molecule has 0 fully saturated rings. The summed E-state index contributed by atoms with van der Waals surface area (Å²) >= 11 is 0. The molecule has 0 aliphatic rings. The summed E-state index contributed by atoms with van der Waals surface area (Å²) in [7, 11) is -5.67. The number of nitrogens with one attached hydrogen (secondary N) is 4. The van der Waals surface area contributed by atoms with E-state index in [1.807, 2.05) is 0 Å². The Morgan fingerprint density at radius 2 is 1.71 bits per heavy atom. The molecule has 1 unspecified atom stereocenters. The van der Waals surface area contributed by atoms with Crippen molar-refractivity contribution in [2.75, 3.05) is 5.32 Å². The van der Waals surface area contributed by atoms with Gasteiger partial charge in [-0.15, -0.1) is 0 Å². The molecule has 8 N–H and O–H groups in total. The predicted octanol–water partition coefficient (Wildman–Crippen LogP) is 0.480. The third-order valence-corrected chi connectivity index (χ3v) is 7.11. The molecule has 0 saturated carbocycles. The third-order valence-electron chi connectivity index (χ3n) is 5.01.